The van der Waals surface area contributed by atoms with Gasteiger partial charge in [-0.25, -0.2) is 0 Å². The van der Waals surface area contributed by atoms with Gasteiger partial charge in [-0.05, 0) is 19.3 Å². The number of halogens is 3. The summed E-state index contributed by atoms with van der Waals surface area (Å²) < 4.78 is 36.1. The van der Waals surface area contributed by atoms with Crippen molar-refractivity contribution in [3.05, 3.63) is 12.7 Å². The highest BCUT2D eigenvalue weighted by Crippen LogP contribution is 2.24. The van der Waals surface area contributed by atoms with E-state index in [4.69, 9.17) is 0 Å². The predicted molar refractivity (Wildman–Crippen MR) is 50.2 cm³/mol. The van der Waals surface area contributed by atoms with E-state index in [2.05, 4.69) is 6.58 Å². The van der Waals surface area contributed by atoms with Crippen LogP contribution in [-0.2, 0) is 4.79 Å². The van der Waals surface area contributed by atoms with Gasteiger partial charge in [-0.2, -0.15) is 13.2 Å². The number of hydrogen-bond donors (Lipinski definition) is 0. The Morgan fingerprint density at radius 3 is 2.67 bits per heavy atom. The Balaban J connectivity index is 2.60. The maximum absolute atomic E-state index is 12.0. The van der Waals surface area contributed by atoms with Gasteiger partial charge in [-0.3, -0.25) is 4.79 Å². The quantitative estimate of drug-likeness (QED) is 0.656. The molecule has 1 aliphatic rings. The number of hydrogen-bond acceptors (Lipinski definition) is 1. The average Bonchev–Trinajstić information content (AvgIpc) is 2.15. The summed E-state index contributed by atoms with van der Waals surface area (Å²) in [6.07, 6.45) is -1.81. The van der Waals surface area contributed by atoms with E-state index in [-0.39, 0.29) is 6.04 Å². The Bertz CT molecular complexity index is 250. The second-order valence-electron chi connectivity index (χ2n) is 3.68. The number of rotatable bonds is 2. The number of piperidine rings is 1. The maximum Gasteiger partial charge on any atom is 0.397 e. The molecule has 0 N–H and O–H groups in total. The highest BCUT2D eigenvalue weighted by molar-refractivity contribution is 5.77. The fourth-order valence-corrected chi connectivity index (χ4v) is 1.79. The van der Waals surface area contributed by atoms with Crippen molar-refractivity contribution in [2.24, 2.45) is 0 Å². The van der Waals surface area contributed by atoms with Crippen molar-refractivity contribution in [3.8, 4) is 0 Å². The molecule has 0 saturated carbocycles. The first-order chi connectivity index (χ1) is 6.94. The van der Waals surface area contributed by atoms with Crippen molar-refractivity contribution >= 4 is 5.91 Å². The normalized spacial score (nSPS) is 22.6. The minimum atomic E-state index is -4.42. The molecule has 2 nitrogen and oxygen atoms in total. The van der Waals surface area contributed by atoms with Crippen LogP contribution in [0.5, 0.6) is 0 Å². The molecule has 1 fully saturated rings. The molecule has 0 spiro atoms. The van der Waals surface area contributed by atoms with Crippen molar-refractivity contribution < 1.29 is 18.0 Å². The first-order valence-corrected chi connectivity index (χ1v) is 4.93. The molecular weight excluding hydrogens is 207 g/mol. The topological polar surface area (TPSA) is 20.3 Å². The SMILES string of the molecule is C=C[C@@H]1CCCCN1C(=O)CC(F)(F)F. The second-order valence-corrected chi connectivity index (χ2v) is 3.68. The van der Waals surface area contributed by atoms with Gasteiger partial charge in [0.25, 0.3) is 0 Å². The van der Waals surface area contributed by atoms with Crippen molar-refractivity contribution in [1.82, 2.24) is 4.90 Å². The lowest BCUT2D eigenvalue weighted by atomic mass is 10.0. The van der Waals surface area contributed by atoms with Gasteiger partial charge >= 0.3 is 6.18 Å². The van der Waals surface area contributed by atoms with Crippen molar-refractivity contribution in [1.29, 1.82) is 0 Å². The van der Waals surface area contributed by atoms with Gasteiger partial charge in [0.1, 0.15) is 6.42 Å². The summed E-state index contributed by atoms with van der Waals surface area (Å²) in [5.41, 5.74) is 0. The predicted octanol–water partition coefficient (Wildman–Crippen LogP) is 2.51. The van der Waals surface area contributed by atoms with Crippen LogP contribution in [0.1, 0.15) is 25.7 Å². The summed E-state index contributed by atoms with van der Waals surface area (Å²) in [6, 6.07) is -0.228. The summed E-state index contributed by atoms with van der Waals surface area (Å²) in [7, 11) is 0. The van der Waals surface area contributed by atoms with Crippen LogP contribution in [0.4, 0.5) is 13.2 Å². The monoisotopic (exact) mass is 221 g/mol. The van der Waals surface area contributed by atoms with Crippen LogP contribution in [0.3, 0.4) is 0 Å². The van der Waals surface area contributed by atoms with Gasteiger partial charge in [0.05, 0.1) is 0 Å². The lowest BCUT2D eigenvalue weighted by Gasteiger charge is -2.34. The van der Waals surface area contributed by atoms with E-state index in [1.54, 1.807) is 6.08 Å². The highest BCUT2D eigenvalue weighted by atomic mass is 19.4. The Hall–Kier alpha value is -1.00. The molecule has 0 aromatic carbocycles. The van der Waals surface area contributed by atoms with Gasteiger partial charge in [-0.15, -0.1) is 6.58 Å². The summed E-state index contributed by atoms with van der Waals surface area (Å²) in [5, 5.41) is 0. The third kappa shape index (κ3) is 3.57. The van der Waals surface area contributed by atoms with E-state index in [1.807, 2.05) is 0 Å². The lowest BCUT2D eigenvalue weighted by molar-refractivity contribution is -0.163. The molecule has 0 aromatic rings. The van der Waals surface area contributed by atoms with E-state index < -0.39 is 18.5 Å². The van der Waals surface area contributed by atoms with Crippen LogP contribution in [0.2, 0.25) is 0 Å². The Labute approximate surface area is 86.7 Å². The van der Waals surface area contributed by atoms with Gasteiger partial charge in [0.2, 0.25) is 5.91 Å². The molecule has 86 valence electrons. The molecule has 1 saturated heterocycles. The summed E-state index contributed by atoms with van der Waals surface area (Å²) in [6.45, 7) is 3.95. The van der Waals surface area contributed by atoms with Crippen molar-refractivity contribution in [2.75, 3.05) is 6.54 Å². The fraction of sp³-hybridized carbons (Fsp3) is 0.700. The molecule has 0 unspecified atom stereocenters. The Kier molecular flexibility index (Phi) is 3.77. The van der Waals surface area contributed by atoms with Gasteiger partial charge in [0, 0.05) is 12.6 Å². The van der Waals surface area contributed by atoms with Gasteiger partial charge in [0.15, 0.2) is 0 Å². The molecule has 0 aromatic heterocycles. The van der Waals surface area contributed by atoms with Crippen molar-refractivity contribution in [2.45, 2.75) is 37.9 Å². The van der Waals surface area contributed by atoms with Crippen LogP contribution < -0.4 is 0 Å². The number of carbonyl (C=O) groups is 1. The molecule has 0 bridgehead atoms. The zero-order valence-corrected chi connectivity index (χ0v) is 8.39. The van der Waals surface area contributed by atoms with Crippen LogP contribution >= 0.6 is 0 Å². The van der Waals surface area contributed by atoms with Crippen LogP contribution in [0.25, 0.3) is 0 Å². The minimum absolute atomic E-state index is 0.228. The third-order valence-electron chi connectivity index (χ3n) is 2.49. The van der Waals surface area contributed by atoms with Gasteiger partial charge < -0.3 is 4.90 Å². The van der Waals surface area contributed by atoms with E-state index >= 15 is 0 Å². The summed E-state index contributed by atoms with van der Waals surface area (Å²) in [5.74, 6) is -0.841. The number of amides is 1. The standard InChI is InChI=1S/C10H14F3NO/c1-2-8-5-3-4-6-14(8)9(15)7-10(11,12)13/h2,8H,1,3-7H2/t8-/m1/s1. The van der Waals surface area contributed by atoms with E-state index in [9.17, 15) is 18.0 Å². The van der Waals surface area contributed by atoms with Crippen LogP contribution in [0, 0.1) is 0 Å². The lowest BCUT2D eigenvalue weighted by Crippen LogP contribution is -2.44. The molecule has 1 amide bonds. The average molecular weight is 221 g/mol. The zero-order valence-electron chi connectivity index (χ0n) is 8.39. The largest absolute Gasteiger partial charge is 0.397 e. The summed E-state index contributed by atoms with van der Waals surface area (Å²) in [4.78, 5) is 12.6. The summed E-state index contributed by atoms with van der Waals surface area (Å²) >= 11 is 0. The molecule has 1 atom stereocenters. The molecule has 1 heterocycles. The van der Waals surface area contributed by atoms with E-state index in [0.717, 1.165) is 12.8 Å². The molecular formula is C10H14F3NO. The molecule has 5 heteroatoms. The number of carbonyl (C=O) groups excluding carboxylic acids is 1. The minimum Gasteiger partial charge on any atom is -0.336 e. The molecule has 1 aliphatic heterocycles. The Morgan fingerprint density at radius 1 is 1.47 bits per heavy atom. The number of alkyl halides is 3. The zero-order chi connectivity index (χ0) is 11.5. The molecule has 0 radical (unpaired) electrons. The van der Waals surface area contributed by atoms with Gasteiger partial charge in [-0.1, -0.05) is 6.08 Å². The maximum atomic E-state index is 12.0. The second kappa shape index (κ2) is 4.68. The molecule has 1 rings (SSSR count). The van der Waals surface area contributed by atoms with E-state index in [0.29, 0.717) is 13.0 Å². The fourth-order valence-electron chi connectivity index (χ4n) is 1.79. The van der Waals surface area contributed by atoms with Crippen molar-refractivity contribution in [3.63, 3.8) is 0 Å². The first-order valence-electron chi connectivity index (χ1n) is 4.93. The number of likely N-dealkylation sites (tertiary alicyclic amines) is 1. The smallest absolute Gasteiger partial charge is 0.336 e. The molecule has 0 aliphatic carbocycles. The third-order valence-corrected chi connectivity index (χ3v) is 2.49. The van der Waals surface area contributed by atoms with Crippen LogP contribution in [0.15, 0.2) is 12.7 Å². The van der Waals surface area contributed by atoms with Crippen LogP contribution in [-0.4, -0.2) is 29.6 Å². The molecule has 15 heavy (non-hydrogen) atoms. The first kappa shape index (κ1) is 12.1. The highest BCUT2D eigenvalue weighted by Gasteiger charge is 2.35. The van der Waals surface area contributed by atoms with E-state index in [1.165, 1.54) is 4.90 Å². The number of nitrogens with zero attached hydrogens (tertiary/aromatic N) is 1. The Morgan fingerprint density at radius 2 is 2.13 bits per heavy atom.